The lowest BCUT2D eigenvalue weighted by Gasteiger charge is -2.07. The van der Waals surface area contributed by atoms with E-state index in [9.17, 15) is 0 Å². The van der Waals surface area contributed by atoms with Crippen molar-refractivity contribution >= 4 is 17.0 Å². The van der Waals surface area contributed by atoms with Crippen LogP contribution in [0.4, 0.5) is 5.69 Å². The van der Waals surface area contributed by atoms with E-state index in [4.69, 9.17) is 5.73 Å². The summed E-state index contributed by atoms with van der Waals surface area (Å²) < 4.78 is 0. The van der Waals surface area contributed by atoms with E-state index in [-0.39, 0.29) is 0 Å². The normalized spacial score (nSPS) is 10.6. The van der Waals surface area contributed by atoms with Crippen molar-refractivity contribution in [1.29, 1.82) is 0 Å². The Balaban J connectivity index is 1.92. The van der Waals surface area contributed by atoms with E-state index >= 15 is 0 Å². The number of aryl methyl sites for hydroxylation is 1. The third-order valence-electron chi connectivity index (χ3n) is 2.40. The molecule has 1 aromatic carbocycles. The van der Waals surface area contributed by atoms with Crippen LogP contribution in [0.1, 0.15) is 16.8 Å². The van der Waals surface area contributed by atoms with E-state index in [0.29, 0.717) is 0 Å². The topological polar surface area (TPSA) is 50.9 Å². The number of rotatable bonds is 4. The fourth-order valence-electron chi connectivity index (χ4n) is 1.54. The van der Waals surface area contributed by atoms with Crippen molar-refractivity contribution in [2.45, 2.75) is 20.0 Å². The number of benzene rings is 1. The van der Waals surface area contributed by atoms with Gasteiger partial charge in [-0.3, -0.25) is 0 Å². The summed E-state index contributed by atoms with van der Waals surface area (Å²) in [7, 11) is 0. The summed E-state index contributed by atoms with van der Waals surface area (Å²) in [6.45, 7) is 3.64. The quantitative estimate of drug-likeness (QED) is 0.797. The van der Waals surface area contributed by atoms with Crippen LogP contribution in [-0.4, -0.2) is 4.98 Å². The number of thiazole rings is 1. The van der Waals surface area contributed by atoms with Crippen LogP contribution in [0.3, 0.4) is 0 Å². The Hall–Kier alpha value is -1.39. The summed E-state index contributed by atoms with van der Waals surface area (Å²) in [6.07, 6.45) is 0. The molecule has 0 amide bonds. The summed E-state index contributed by atoms with van der Waals surface area (Å²) >= 11 is 1.62. The van der Waals surface area contributed by atoms with Crippen LogP contribution in [0, 0.1) is 6.92 Å². The highest BCUT2D eigenvalue weighted by molar-refractivity contribution is 7.07. The van der Waals surface area contributed by atoms with Gasteiger partial charge in [-0.2, -0.15) is 0 Å². The molecule has 0 aliphatic heterocycles. The van der Waals surface area contributed by atoms with E-state index < -0.39 is 0 Å². The van der Waals surface area contributed by atoms with Gasteiger partial charge in [-0.15, -0.1) is 11.3 Å². The molecule has 4 heteroatoms. The van der Waals surface area contributed by atoms with Gasteiger partial charge in [0.25, 0.3) is 0 Å². The highest BCUT2D eigenvalue weighted by atomic mass is 32.1. The van der Waals surface area contributed by atoms with Crippen molar-refractivity contribution in [2.24, 2.45) is 0 Å². The van der Waals surface area contributed by atoms with Gasteiger partial charge in [-0.05, 0) is 18.6 Å². The molecule has 16 heavy (non-hydrogen) atoms. The van der Waals surface area contributed by atoms with Crippen LogP contribution in [0.25, 0.3) is 0 Å². The zero-order chi connectivity index (χ0) is 11.4. The molecule has 0 spiro atoms. The molecule has 0 fully saturated rings. The molecule has 3 nitrogen and oxygen atoms in total. The smallest absolute Gasteiger partial charge is 0.0795 e. The van der Waals surface area contributed by atoms with Crippen molar-refractivity contribution in [1.82, 2.24) is 10.3 Å². The standard InChI is InChI=1S/C12H15N3S/c1-9-2-3-12(13)10(4-9)5-14-6-11-7-16-8-15-11/h2-4,7-8,14H,5-6,13H2,1H3. The summed E-state index contributed by atoms with van der Waals surface area (Å²) in [6, 6.07) is 6.10. The molecule has 0 radical (unpaired) electrons. The Morgan fingerprint density at radius 2 is 2.25 bits per heavy atom. The number of anilines is 1. The van der Waals surface area contributed by atoms with Crippen LogP contribution in [-0.2, 0) is 13.1 Å². The number of nitrogen functional groups attached to an aromatic ring is 1. The lowest BCUT2D eigenvalue weighted by atomic mass is 10.1. The van der Waals surface area contributed by atoms with Gasteiger partial charge in [-0.1, -0.05) is 17.7 Å². The number of nitrogens with one attached hydrogen (secondary N) is 1. The molecule has 0 aliphatic rings. The van der Waals surface area contributed by atoms with Crippen LogP contribution in [0.2, 0.25) is 0 Å². The van der Waals surface area contributed by atoms with Gasteiger partial charge in [0.15, 0.2) is 0 Å². The highest BCUT2D eigenvalue weighted by Crippen LogP contribution is 2.13. The predicted molar refractivity (Wildman–Crippen MR) is 68.2 cm³/mol. The number of hydrogen-bond acceptors (Lipinski definition) is 4. The first kappa shape index (κ1) is 11.1. The lowest BCUT2D eigenvalue weighted by Crippen LogP contribution is -2.14. The predicted octanol–water partition coefficient (Wildman–Crippen LogP) is 2.32. The van der Waals surface area contributed by atoms with Gasteiger partial charge >= 0.3 is 0 Å². The first-order valence-corrected chi connectivity index (χ1v) is 6.13. The van der Waals surface area contributed by atoms with Crippen molar-refractivity contribution in [2.75, 3.05) is 5.73 Å². The minimum absolute atomic E-state index is 0.783. The Morgan fingerprint density at radius 1 is 1.38 bits per heavy atom. The first-order chi connectivity index (χ1) is 7.75. The number of hydrogen-bond donors (Lipinski definition) is 2. The van der Waals surface area contributed by atoms with Gasteiger partial charge < -0.3 is 11.1 Å². The minimum Gasteiger partial charge on any atom is -0.398 e. The van der Waals surface area contributed by atoms with E-state index in [0.717, 1.165) is 30.0 Å². The molecule has 0 bridgehead atoms. The Kier molecular flexibility index (Phi) is 3.54. The maximum Gasteiger partial charge on any atom is 0.0795 e. The molecule has 2 rings (SSSR count). The third-order valence-corrected chi connectivity index (χ3v) is 3.04. The summed E-state index contributed by atoms with van der Waals surface area (Å²) in [5.74, 6) is 0. The first-order valence-electron chi connectivity index (χ1n) is 5.18. The molecular weight excluding hydrogens is 218 g/mol. The van der Waals surface area contributed by atoms with Crippen molar-refractivity contribution in [3.8, 4) is 0 Å². The molecule has 0 saturated heterocycles. The van der Waals surface area contributed by atoms with Crippen molar-refractivity contribution in [3.05, 3.63) is 45.9 Å². The average Bonchev–Trinajstić information content (AvgIpc) is 2.76. The fourth-order valence-corrected chi connectivity index (χ4v) is 2.10. The Labute approximate surface area is 99.3 Å². The maximum absolute atomic E-state index is 5.90. The second kappa shape index (κ2) is 5.09. The molecular formula is C12H15N3S. The monoisotopic (exact) mass is 233 g/mol. The molecule has 1 aromatic heterocycles. The van der Waals surface area contributed by atoms with E-state index in [1.807, 2.05) is 23.0 Å². The van der Waals surface area contributed by atoms with Gasteiger partial charge in [0, 0.05) is 24.2 Å². The molecule has 0 saturated carbocycles. The van der Waals surface area contributed by atoms with E-state index in [1.165, 1.54) is 5.56 Å². The summed E-state index contributed by atoms with van der Waals surface area (Å²) in [4.78, 5) is 4.21. The fraction of sp³-hybridized carbons (Fsp3) is 0.250. The van der Waals surface area contributed by atoms with E-state index in [2.05, 4.69) is 23.3 Å². The van der Waals surface area contributed by atoms with Gasteiger partial charge in [0.1, 0.15) is 0 Å². The van der Waals surface area contributed by atoms with Crippen LogP contribution in [0.5, 0.6) is 0 Å². The Morgan fingerprint density at radius 3 is 3.00 bits per heavy atom. The van der Waals surface area contributed by atoms with Crippen LogP contribution in [0.15, 0.2) is 29.1 Å². The lowest BCUT2D eigenvalue weighted by molar-refractivity contribution is 0.683. The minimum atomic E-state index is 0.783. The Bertz CT molecular complexity index is 451. The van der Waals surface area contributed by atoms with Gasteiger partial charge in [0.05, 0.1) is 11.2 Å². The molecule has 2 aromatic rings. The van der Waals surface area contributed by atoms with Crippen molar-refractivity contribution < 1.29 is 0 Å². The van der Waals surface area contributed by atoms with Crippen molar-refractivity contribution in [3.63, 3.8) is 0 Å². The SMILES string of the molecule is Cc1ccc(N)c(CNCc2cscn2)c1. The third kappa shape index (κ3) is 2.81. The molecule has 84 valence electrons. The second-order valence-corrected chi connectivity index (χ2v) is 4.50. The maximum atomic E-state index is 5.90. The zero-order valence-corrected chi connectivity index (χ0v) is 10.1. The molecule has 0 unspecified atom stereocenters. The molecule has 0 atom stereocenters. The zero-order valence-electron chi connectivity index (χ0n) is 9.23. The number of nitrogens with two attached hydrogens (primary N) is 1. The molecule has 0 aliphatic carbocycles. The van der Waals surface area contributed by atoms with Crippen LogP contribution >= 0.6 is 11.3 Å². The van der Waals surface area contributed by atoms with Crippen LogP contribution < -0.4 is 11.1 Å². The second-order valence-electron chi connectivity index (χ2n) is 3.79. The van der Waals surface area contributed by atoms with E-state index in [1.54, 1.807) is 11.3 Å². The highest BCUT2D eigenvalue weighted by Gasteiger charge is 2.00. The number of nitrogens with zero attached hydrogens (tertiary/aromatic N) is 1. The molecule has 1 heterocycles. The summed E-state index contributed by atoms with van der Waals surface area (Å²) in [5.41, 5.74) is 12.0. The summed E-state index contributed by atoms with van der Waals surface area (Å²) in [5, 5.41) is 5.38. The number of aromatic nitrogens is 1. The van der Waals surface area contributed by atoms with Gasteiger partial charge in [0.2, 0.25) is 0 Å². The average molecular weight is 233 g/mol. The molecule has 3 N–H and O–H groups in total. The largest absolute Gasteiger partial charge is 0.398 e. The van der Waals surface area contributed by atoms with Gasteiger partial charge in [-0.25, -0.2) is 4.98 Å².